The van der Waals surface area contributed by atoms with Crippen molar-refractivity contribution in [2.75, 3.05) is 45.8 Å². The molecular weight excluding hydrogens is 234 g/mol. The molecule has 3 heteroatoms. The van der Waals surface area contributed by atoms with Gasteiger partial charge in [0.2, 0.25) is 0 Å². The van der Waals surface area contributed by atoms with Gasteiger partial charge in [0.05, 0.1) is 0 Å². The van der Waals surface area contributed by atoms with E-state index < -0.39 is 0 Å². The van der Waals surface area contributed by atoms with Crippen molar-refractivity contribution in [2.24, 2.45) is 5.92 Å². The molecule has 114 valence electrons. The second-order valence-electron chi connectivity index (χ2n) is 5.95. The van der Waals surface area contributed by atoms with E-state index in [9.17, 15) is 0 Å². The fourth-order valence-electron chi connectivity index (χ4n) is 3.07. The SMILES string of the molecule is CCN(CC)CCCN(CC)CC1NCCCC1C. The molecule has 0 aromatic carbocycles. The van der Waals surface area contributed by atoms with Gasteiger partial charge in [-0.1, -0.05) is 27.7 Å². The van der Waals surface area contributed by atoms with Gasteiger partial charge in [0.1, 0.15) is 0 Å². The van der Waals surface area contributed by atoms with Crippen molar-refractivity contribution in [3.63, 3.8) is 0 Å². The Morgan fingerprint density at radius 3 is 2.21 bits per heavy atom. The minimum atomic E-state index is 0.710. The van der Waals surface area contributed by atoms with Gasteiger partial charge in [-0.15, -0.1) is 0 Å². The predicted molar refractivity (Wildman–Crippen MR) is 84.7 cm³/mol. The summed E-state index contributed by atoms with van der Waals surface area (Å²) in [5, 5.41) is 3.70. The maximum Gasteiger partial charge on any atom is 0.0220 e. The van der Waals surface area contributed by atoms with Crippen molar-refractivity contribution in [3.05, 3.63) is 0 Å². The maximum absolute atomic E-state index is 3.70. The molecule has 0 radical (unpaired) electrons. The molecule has 3 nitrogen and oxygen atoms in total. The van der Waals surface area contributed by atoms with Gasteiger partial charge in [-0.2, -0.15) is 0 Å². The van der Waals surface area contributed by atoms with Crippen LogP contribution in [0, 0.1) is 5.92 Å². The van der Waals surface area contributed by atoms with Gasteiger partial charge in [-0.05, 0) is 64.4 Å². The Morgan fingerprint density at radius 2 is 1.63 bits per heavy atom. The smallest absolute Gasteiger partial charge is 0.0220 e. The third kappa shape index (κ3) is 6.24. The van der Waals surface area contributed by atoms with E-state index in [-0.39, 0.29) is 0 Å². The monoisotopic (exact) mass is 269 g/mol. The van der Waals surface area contributed by atoms with Gasteiger partial charge in [-0.3, -0.25) is 0 Å². The molecule has 0 bridgehead atoms. The van der Waals surface area contributed by atoms with Crippen LogP contribution in [0.4, 0.5) is 0 Å². The van der Waals surface area contributed by atoms with Crippen LogP contribution in [0.15, 0.2) is 0 Å². The Morgan fingerprint density at radius 1 is 1.00 bits per heavy atom. The number of piperidine rings is 1. The van der Waals surface area contributed by atoms with E-state index in [0.717, 1.165) is 5.92 Å². The first-order chi connectivity index (χ1) is 9.21. The van der Waals surface area contributed by atoms with E-state index >= 15 is 0 Å². The average Bonchev–Trinajstić information content (AvgIpc) is 2.44. The highest BCUT2D eigenvalue weighted by molar-refractivity contribution is 4.81. The molecule has 1 saturated heterocycles. The lowest BCUT2D eigenvalue weighted by molar-refractivity contribution is 0.186. The summed E-state index contributed by atoms with van der Waals surface area (Å²) in [6.07, 6.45) is 4.05. The van der Waals surface area contributed by atoms with E-state index in [1.54, 1.807) is 0 Å². The van der Waals surface area contributed by atoms with Crippen molar-refractivity contribution in [3.8, 4) is 0 Å². The summed E-state index contributed by atoms with van der Waals surface area (Å²) >= 11 is 0. The molecule has 1 fully saturated rings. The second kappa shape index (κ2) is 9.73. The zero-order valence-corrected chi connectivity index (χ0v) is 13.6. The Hall–Kier alpha value is -0.120. The van der Waals surface area contributed by atoms with Crippen LogP contribution < -0.4 is 5.32 Å². The summed E-state index contributed by atoms with van der Waals surface area (Å²) in [5.74, 6) is 0.839. The molecule has 0 spiro atoms. The quantitative estimate of drug-likeness (QED) is 0.693. The molecule has 0 amide bonds. The highest BCUT2D eigenvalue weighted by Gasteiger charge is 2.22. The number of hydrogen-bond donors (Lipinski definition) is 1. The number of nitrogens with zero attached hydrogens (tertiary/aromatic N) is 2. The topological polar surface area (TPSA) is 18.5 Å². The number of hydrogen-bond acceptors (Lipinski definition) is 3. The standard InChI is InChI=1S/C16H35N3/c1-5-18(6-2)12-9-13-19(7-3)14-16-15(4)10-8-11-17-16/h15-17H,5-14H2,1-4H3. The van der Waals surface area contributed by atoms with E-state index in [0.29, 0.717) is 6.04 Å². The molecule has 1 aliphatic rings. The summed E-state index contributed by atoms with van der Waals surface area (Å²) in [4.78, 5) is 5.15. The first-order valence-electron chi connectivity index (χ1n) is 8.39. The summed E-state index contributed by atoms with van der Waals surface area (Å²) in [6.45, 7) is 17.7. The average molecular weight is 269 g/mol. The van der Waals surface area contributed by atoms with Gasteiger partial charge >= 0.3 is 0 Å². The van der Waals surface area contributed by atoms with Crippen LogP contribution in [0.1, 0.15) is 47.0 Å². The lowest BCUT2D eigenvalue weighted by Crippen LogP contribution is -2.48. The van der Waals surface area contributed by atoms with Crippen molar-refractivity contribution < 1.29 is 0 Å². The fraction of sp³-hybridized carbons (Fsp3) is 1.00. The van der Waals surface area contributed by atoms with Gasteiger partial charge in [-0.25, -0.2) is 0 Å². The highest BCUT2D eigenvalue weighted by Crippen LogP contribution is 2.16. The van der Waals surface area contributed by atoms with E-state index in [1.807, 2.05) is 0 Å². The van der Waals surface area contributed by atoms with Gasteiger partial charge in [0, 0.05) is 12.6 Å². The molecule has 19 heavy (non-hydrogen) atoms. The first-order valence-corrected chi connectivity index (χ1v) is 8.39. The van der Waals surface area contributed by atoms with E-state index in [1.165, 1.54) is 65.1 Å². The van der Waals surface area contributed by atoms with Gasteiger partial charge in [0.25, 0.3) is 0 Å². The largest absolute Gasteiger partial charge is 0.312 e. The summed E-state index contributed by atoms with van der Waals surface area (Å²) < 4.78 is 0. The normalized spacial score (nSPS) is 24.3. The maximum atomic E-state index is 3.70. The minimum Gasteiger partial charge on any atom is -0.312 e. The van der Waals surface area contributed by atoms with Crippen LogP contribution in [0.5, 0.6) is 0 Å². The lowest BCUT2D eigenvalue weighted by atomic mass is 9.92. The third-order valence-electron chi connectivity index (χ3n) is 4.67. The molecule has 0 aromatic heterocycles. The Bertz CT molecular complexity index is 216. The number of likely N-dealkylation sites (N-methyl/N-ethyl adjacent to an activating group) is 1. The van der Waals surface area contributed by atoms with Gasteiger partial charge < -0.3 is 15.1 Å². The van der Waals surface area contributed by atoms with Crippen molar-refractivity contribution in [2.45, 2.75) is 53.0 Å². The predicted octanol–water partition coefficient (Wildman–Crippen LogP) is 2.43. The summed E-state index contributed by atoms with van der Waals surface area (Å²) in [6, 6.07) is 0.710. The van der Waals surface area contributed by atoms with Crippen LogP contribution in [0.25, 0.3) is 0 Å². The van der Waals surface area contributed by atoms with Crippen molar-refractivity contribution in [1.82, 2.24) is 15.1 Å². The molecule has 2 unspecified atom stereocenters. The molecule has 0 aromatic rings. The van der Waals surface area contributed by atoms with Crippen LogP contribution in [-0.2, 0) is 0 Å². The van der Waals surface area contributed by atoms with E-state index in [2.05, 4.69) is 42.8 Å². The number of rotatable bonds is 9. The molecule has 1 heterocycles. The molecule has 1 N–H and O–H groups in total. The molecule has 0 aliphatic carbocycles. The minimum absolute atomic E-state index is 0.710. The summed E-state index contributed by atoms with van der Waals surface area (Å²) in [5.41, 5.74) is 0. The highest BCUT2D eigenvalue weighted by atomic mass is 15.2. The molecular formula is C16H35N3. The van der Waals surface area contributed by atoms with Crippen LogP contribution in [0.3, 0.4) is 0 Å². The van der Waals surface area contributed by atoms with Crippen LogP contribution >= 0.6 is 0 Å². The van der Waals surface area contributed by atoms with E-state index in [4.69, 9.17) is 0 Å². The lowest BCUT2D eigenvalue weighted by Gasteiger charge is -2.34. The molecule has 1 rings (SSSR count). The molecule has 1 aliphatic heterocycles. The van der Waals surface area contributed by atoms with Crippen molar-refractivity contribution >= 4 is 0 Å². The van der Waals surface area contributed by atoms with Crippen molar-refractivity contribution in [1.29, 1.82) is 0 Å². The number of nitrogens with one attached hydrogen (secondary N) is 1. The van der Waals surface area contributed by atoms with Gasteiger partial charge in [0.15, 0.2) is 0 Å². The third-order valence-corrected chi connectivity index (χ3v) is 4.67. The molecule has 2 atom stereocenters. The Labute approximate surface area is 120 Å². The zero-order valence-electron chi connectivity index (χ0n) is 13.6. The zero-order chi connectivity index (χ0) is 14.1. The Kier molecular flexibility index (Phi) is 8.67. The van der Waals surface area contributed by atoms with Crippen LogP contribution in [-0.4, -0.2) is 61.7 Å². The summed E-state index contributed by atoms with van der Waals surface area (Å²) in [7, 11) is 0. The first kappa shape index (κ1) is 16.9. The fourth-order valence-corrected chi connectivity index (χ4v) is 3.07. The second-order valence-corrected chi connectivity index (χ2v) is 5.95. The van der Waals surface area contributed by atoms with Crippen LogP contribution in [0.2, 0.25) is 0 Å². The molecule has 0 saturated carbocycles. The Balaban J connectivity index is 2.24.